The molecule has 0 aliphatic rings. The fraction of sp³-hybridized carbons (Fsp3) is 0. The summed E-state index contributed by atoms with van der Waals surface area (Å²) in [5.41, 5.74) is 0.701. The van der Waals surface area contributed by atoms with Gasteiger partial charge in [0.2, 0.25) is 3.83 Å². The van der Waals surface area contributed by atoms with E-state index < -0.39 is 5.82 Å². The van der Waals surface area contributed by atoms with E-state index in [1.165, 1.54) is 23.7 Å². The van der Waals surface area contributed by atoms with Gasteiger partial charge in [0.25, 0.3) is 0 Å². The normalized spacial score (nSPS) is 10.5. The second kappa shape index (κ2) is 4.08. The Morgan fingerprint density at radius 3 is 2.79 bits per heavy atom. The molecule has 2 aromatic rings. The third kappa shape index (κ3) is 2.04. The van der Waals surface area contributed by atoms with E-state index in [2.05, 4.69) is 9.36 Å². The maximum atomic E-state index is 13.1. The van der Waals surface area contributed by atoms with Gasteiger partial charge in [-0.2, -0.15) is 4.37 Å². The minimum atomic E-state index is -0.436. The molecule has 0 amide bonds. The van der Waals surface area contributed by atoms with Crippen LogP contribution in [0.3, 0.4) is 0 Å². The highest BCUT2D eigenvalue weighted by molar-refractivity contribution is 14.1. The van der Waals surface area contributed by atoms with Crippen LogP contribution in [-0.4, -0.2) is 9.36 Å². The lowest BCUT2D eigenvalue weighted by Gasteiger charge is -1.96. The molecular formula is C8H3ClFIN2S. The summed E-state index contributed by atoms with van der Waals surface area (Å²) in [6.07, 6.45) is 0. The van der Waals surface area contributed by atoms with Gasteiger partial charge in [0.1, 0.15) is 10.8 Å². The summed E-state index contributed by atoms with van der Waals surface area (Å²) in [5, 5.41) is 0.818. The van der Waals surface area contributed by atoms with Crippen LogP contribution in [0.15, 0.2) is 18.2 Å². The highest BCUT2D eigenvalue weighted by Crippen LogP contribution is 2.25. The summed E-state index contributed by atoms with van der Waals surface area (Å²) in [4.78, 5) is 4.14. The fourth-order valence-electron chi connectivity index (χ4n) is 0.952. The van der Waals surface area contributed by atoms with Crippen molar-refractivity contribution in [3.63, 3.8) is 0 Å². The monoisotopic (exact) mass is 340 g/mol. The standard InChI is InChI=1S/C8H3ClFIN2S/c9-5-2-1-4(3-6(5)10)7-12-8(11)13-14-7/h1-3H. The van der Waals surface area contributed by atoms with E-state index in [-0.39, 0.29) is 5.02 Å². The number of hydrogen-bond acceptors (Lipinski definition) is 3. The molecule has 0 unspecified atom stereocenters. The van der Waals surface area contributed by atoms with Crippen molar-refractivity contribution in [2.24, 2.45) is 0 Å². The van der Waals surface area contributed by atoms with Gasteiger partial charge < -0.3 is 0 Å². The van der Waals surface area contributed by atoms with Gasteiger partial charge in [-0.15, -0.1) is 0 Å². The molecule has 1 heterocycles. The quantitative estimate of drug-likeness (QED) is 0.741. The third-order valence-corrected chi connectivity index (χ3v) is 3.45. The van der Waals surface area contributed by atoms with Gasteiger partial charge in [-0.1, -0.05) is 17.7 Å². The minimum Gasteiger partial charge on any atom is -0.210 e. The van der Waals surface area contributed by atoms with Gasteiger partial charge in [0.05, 0.1) is 5.02 Å². The van der Waals surface area contributed by atoms with Crippen LogP contribution in [0.4, 0.5) is 4.39 Å². The Labute approximate surface area is 102 Å². The van der Waals surface area contributed by atoms with Crippen LogP contribution in [0, 0.1) is 9.65 Å². The average molecular weight is 341 g/mol. The van der Waals surface area contributed by atoms with Crippen molar-refractivity contribution in [1.29, 1.82) is 0 Å². The smallest absolute Gasteiger partial charge is 0.203 e. The van der Waals surface area contributed by atoms with Crippen molar-refractivity contribution < 1.29 is 4.39 Å². The zero-order valence-electron chi connectivity index (χ0n) is 6.67. The molecule has 0 fully saturated rings. The summed E-state index contributed by atoms with van der Waals surface area (Å²) < 4.78 is 17.8. The van der Waals surface area contributed by atoms with Crippen molar-refractivity contribution in [3.8, 4) is 10.6 Å². The summed E-state index contributed by atoms with van der Waals surface area (Å²) in [7, 11) is 0. The molecule has 0 radical (unpaired) electrons. The molecule has 0 saturated carbocycles. The highest BCUT2D eigenvalue weighted by Gasteiger charge is 2.07. The first-order chi connectivity index (χ1) is 6.66. The predicted octanol–water partition coefficient (Wildman–Crippen LogP) is 3.60. The van der Waals surface area contributed by atoms with Gasteiger partial charge >= 0.3 is 0 Å². The van der Waals surface area contributed by atoms with Crippen molar-refractivity contribution in [1.82, 2.24) is 9.36 Å². The van der Waals surface area contributed by atoms with Crippen molar-refractivity contribution in [2.45, 2.75) is 0 Å². The first-order valence-electron chi connectivity index (χ1n) is 3.61. The van der Waals surface area contributed by atoms with Crippen LogP contribution >= 0.6 is 45.7 Å². The van der Waals surface area contributed by atoms with Gasteiger partial charge in [-0.05, 0) is 23.7 Å². The summed E-state index contributed by atoms with van der Waals surface area (Å²) >= 11 is 8.81. The zero-order valence-corrected chi connectivity index (χ0v) is 10.4. The largest absolute Gasteiger partial charge is 0.210 e. The number of rotatable bonds is 1. The number of benzene rings is 1. The molecule has 1 aromatic carbocycles. The maximum Gasteiger partial charge on any atom is 0.203 e. The fourth-order valence-corrected chi connectivity index (χ4v) is 2.33. The molecule has 0 aliphatic heterocycles. The van der Waals surface area contributed by atoms with E-state index in [0.717, 1.165) is 0 Å². The Hall–Kier alpha value is -0.270. The lowest BCUT2D eigenvalue weighted by molar-refractivity contribution is 0.629. The molecule has 2 rings (SSSR count). The van der Waals surface area contributed by atoms with E-state index in [9.17, 15) is 4.39 Å². The average Bonchev–Trinajstić information content (AvgIpc) is 2.57. The Bertz CT molecular complexity index is 474. The Morgan fingerprint density at radius 1 is 1.43 bits per heavy atom. The molecule has 2 nitrogen and oxygen atoms in total. The molecular weight excluding hydrogens is 338 g/mol. The number of halogens is 3. The van der Waals surface area contributed by atoms with Crippen molar-refractivity contribution in [3.05, 3.63) is 32.9 Å². The Morgan fingerprint density at radius 2 is 2.21 bits per heavy atom. The molecule has 0 aliphatic carbocycles. The van der Waals surface area contributed by atoms with Gasteiger partial charge in [-0.25, -0.2) is 9.37 Å². The first kappa shape index (κ1) is 10.3. The van der Waals surface area contributed by atoms with E-state index in [1.54, 1.807) is 6.07 Å². The molecule has 0 bridgehead atoms. The molecule has 0 saturated heterocycles. The maximum absolute atomic E-state index is 13.1. The van der Waals surface area contributed by atoms with E-state index >= 15 is 0 Å². The van der Waals surface area contributed by atoms with Crippen LogP contribution in [0.5, 0.6) is 0 Å². The van der Waals surface area contributed by atoms with E-state index in [1.807, 2.05) is 22.6 Å². The zero-order chi connectivity index (χ0) is 10.1. The van der Waals surface area contributed by atoms with Crippen LogP contribution in [0.1, 0.15) is 0 Å². The van der Waals surface area contributed by atoms with Gasteiger partial charge in [-0.3, -0.25) is 0 Å². The molecule has 14 heavy (non-hydrogen) atoms. The Balaban J connectivity index is 2.47. The topological polar surface area (TPSA) is 25.8 Å². The minimum absolute atomic E-state index is 0.118. The van der Waals surface area contributed by atoms with Crippen molar-refractivity contribution in [2.75, 3.05) is 0 Å². The molecule has 1 aromatic heterocycles. The number of hydrogen-bond donors (Lipinski definition) is 0. The van der Waals surface area contributed by atoms with Crippen LogP contribution in [0.2, 0.25) is 5.02 Å². The number of nitrogens with zero attached hydrogens (tertiary/aromatic N) is 2. The molecule has 6 heteroatoms. The SMILES string of the molecule is Fc1cc(-c2nc(I)ns2)ccc1Cl. The molecule has 0 atom stereocenters. The summed E-state index contributed by atoms with van der Waals surface area (Å²) in [6.45, 7) is 0. The molecule has 0 spiro atoms. The second-order valence-corrected chi connectivity index (χ2v) is 4.62. The lowest BCUT2D eigenvalue weighted by Crippen LogP contribution is -1.81. The van der Waals surface area contributed by atoms with E-state index in [0.29, 0.717) is 14.4 Å². The molecule has 72 valence electrons. The van der Waals surface area contributed by atoms with Crippen LogP contribution in [0.25, 0.3) is 10.6 Å². The van der Waals surface area contributed by atoms with E-state index in [4.69, 9.17) is 11.6 Å². The molecule has 0 N–H and O–H groups in total. The third-order valence-electron chi connectivity index (χ3n) is 1.57. The lowest BCUT2D eigenvalue weighted by atomic mass is 10.2. The summed E-state index contributed by atoms with van der Waals surface area (Å²) in [5.74, 6) is -0.436. The van der Waals surface area contributed by atoms with Crippen LogP contribution in [-0.2, 0) is 0 Å². The Kier molecular flexibility index (Phi) is 2.99. The number of aromatic nitrogens is 2. The predicted molar refractivity (Wildman–Crippen MR) is 63.0 cm³/mol. The van der Waals surface area contributed by atoms with Crippen molar-refractivity contribution >= 4 is 45.7 Å². The van der Waals surface area contributed by atoms with Crippen LogP contribution < -0.4 is 0 Å². The second-order valence-electron chi connectivity index (χ2n) is 2.50. The van der Waals surface area contributed by atoms with Gasteiger partial charge in [0, 0.05) is 28.2 Å². The highest BCUT2D eigenvalue weighted by atomic mass is 127. The first-order valence-corrected chi connectivity index (χ1v) is 5.84. The summed E-state index contributed by atoms with van der Waals surface area (Å²) in [6, 6.07) is 4.60. The van der Waals surface area contributed by atoms with Gasteiger partial charge in [0.15, 0.2) is 0 Å².